The van der Waals surface area contributed by atoms with Crippen molar-refractivity contribution in [2.24, 2.45) is 5.41 Å². The molecule has 4 heterocycles. The van der Waals surface area contributed by atoms with E-state index in [4.69, 9.17) is 16.3 Å². The van der Waals surface area contributed by atoms with Crippen LogP contribution in [0.4, 0.5) is 23.1 Å². The molecular formula is C60H80ClN9O8S2. The Bertz CT molecular complexity index is 3060. The molecule has 0 spiro atoms. The normalized spacial score (nSPS) is 16.5. The van der Waals surface area contributed by atoms with Gasteiger partial charge in [0, 0.05) is 45.4 Å². The fourth-order valence-electron chi connectivity index (χ4n) is 10.3. The number of carbonyl (C=O) groups excluding carboxylic acids is 4. The number of sulfone groups is 1. The Morgan fingerprint density at radius 1 is 0.875 bits per heavy atom. The highest BCUT2D eigenvalue weighted by Gasteiger charge is 2.44. The minimum Gasteiger partial charge on any atom is -0.489 e. The van der Waals surface area contributed by atoms with Crippen molar-refractivity contribution in [1.82, 2.24) is 35.4 Å². The summed E-state index contributed by atoms with van der Waals surface area (Å²) < 4.78 is 32.6. The standard InChI is InChI=1S/C60H80ClN9O8S2/c1-37(2)78-50-32-45(39(5)30-48(50)66-59-63-34-46(61)56(68-59)65-47-18-16-17-19-51(47)80(76,77)38(3)4)42-26-28-69(29-27-42)53(73)21-15-13-11-10-12-14-20-52(72)67-55(60(7,8)9)58(75)70-35-44(71)31-49(70)57(74)62-33-41-22-24-43(25-23-41)54-40(6)64-36-79-54/h16-19,22-25,30,32,34,36-38,42,44,49,55,71H,10-15,20-21,26-29,31,33,35H2,1-9H3,(H,62,74)(H,67,72)(H2,63,65,66,68)/t44-,49+,55-/m1/s1. The van der Waals surface area contributed by atoms with Gasteiger partial charge in [0.05, 0.1) is 56.0 Å². The summed E-state index contributed by atoms with van der Waals surface area (Å²) in [7, 11) is -3.60. The van der Waals surface area contributed by atoms with Crippen LogP contribution in [0, 0.1) is 19.3 Å². The molecule has 3 aromatic carbocycles. The molecule has 0 unspecified atom stereocenters. The van der Waals surface area contributed by atoms with Gasteiger partial charge in [-0.25, -0.2) is 18.4 Å². The number of unbranched alkanes of at least 4 members (excludes halogenated alkanes) is 5. The number of ether oxygens (including phenoxy) is 1. The van der Waals surface area contributed by atoms with Gasteiger partial charge >= 0.3 is 0 Å². The lowest BCUT2D eigenvalue weighted by Crippen LogP contribution is -2.57. The molecule has 0 aliphatic carbocycles. The van der Waals surface area contributed by atoms with Crippen molar-refractivity contribution in [3.8, 4) is 16.2 Å². The van der Waals surface area contributed by atoms with Crippen LogP contribution in [-0.2, 0) is 35.6 Å². The van der Waals surface area contributed by atoms with Crippen LogP contribution in [0.5, 0.6) is 5.75 Å². The molecule has 432 valence electrons. The van der Waals surface area contributed by atoms with E-state index in [0.717, 1.165) is 77.8 Å². The number of carbonyl (C=O) groups is 4. The lowest BCUT2D eigenvalue weighted by molar-refractivity contribution is -0.144. The van der Waals surface area contributed by atoms with Gasteiger partial charge in [-0.05, 0) is 125 Å². The number of nitrogens with zero attached hydrogens (tertiary/aromatic N) is 5. The average Bonchev–Trinajstić information content (AvgIpc) is 4.04. The number of rotatable bonds is 24. The number of anilines is 4. The number of aromatic nitrogens is 3. The maximum atomic E-state index is 14.1. The highest BCUT2D eigenvalue weighted by molar-refractivity contribution is 7.92. The van der Waals surface area contributed by atoms with Gasteiger partial charge in [0.25, 0.3) is 0 Å². The van der Waals surface area contributed by atoms with E-state index in [1.165, 1.54) is 11.1 Å². The number of piperidine rings is 1. The van der Waals surface area contributed by atoms with Crippen molar-refractivity contribution in [2.75, 3.05) is 30.3 Å². The number of β-amino-alcohol motifs (C(OH)–C–C–N with tert-alkyl or cyclic N) is 1. The molecule has 2 fully saturated rings. The minimum atomic E-state index is -3.60. The Morgan fingerprint density at radius 2 is 1.55 bits per heavy atom. The van der Waals surface area contributed by atoms with Crippen molar-refractivity contribution in [2.45, 2.75) is 180 Å². The van der Waals surface area contributed by atoms with Gasteiger partial charge in [0.1, 0.15) is 22.9 Å². The highest BCUT2D eigenvalue weighted by atomic mass is 35.5. The largest absolute Gasteiger partial charge is 0.489 e. The minimum absolute atomic E-state index is 0.0129. The molecule has 20 heteroatoms. The number of amides is 4. The smallest absolute Gasteiger partial charge is 0.246 e. The summed E-state index contributed by atoms with van der Waals surface area (Å²) in [5.74, 6) is 0.575. The number of para-hydroxylation sites is 1. The number of thiazole rings is 1. The van der Waals surface area contributed by atoms with E-state index in [9.17, 15) is 32.7 Å². The van der Waals surface area contributed by atoms with Crippen molar-refractivity contribution < 1.29 is 37.4 Å². The molecule has 2 aliphatic heterocycles. The number of hydrogen-bond acceptors (Lipinski definition) is 14. The van der Waals surface area contributed by atoms with Crippen molar-refractivity contribution in [1.29, 1.82) is 0 Å². The van der Waals surface area contributed by atoms with E-state index < -0.39 is 38.7 Å². The third-order valence-corrected chi connectivity index (χ3v) is 18.3. The van der Waals surface area contributed by atoms with Crippen LogP contribution in [0.25, 0.3) is 10.4 Å². The Labute approximate surface area is 481 Å². The Kier molecular flexibility index (Phi) is 21.2. The lowest BCUT2D eigenvalue weighted by atomic mass is 9.85. The first-order valence-corrected chi connectivity index (χ1v) is 30.8. The first kappa shape index (κ1) is 61.5. The van der Waals surface area contributed by atoms with Gasteiger partial charge in [-0.1, -0.05) is 94.5 Å². The Balaban J connectivity index is 0.820. The molecule has 3 atom stereocenters. The number of aliphatic hydroxyl groups excluding tert-OH is 1. The summed E-state index contributed by atoms with van der Waals surface area (Å²) in [6.07, 6.45) is 8.10. The van der Waals surface area contributed by atoms with Crippen molar-refractivity contribution >= 4 is 79.5 Å². The second-order valence-corrected chi connectivity index (χ2v) is 26.6. The Morgan fingerprint density at radius 3 is 2.20 bits per heavy atom. The third kappa shape index (κ3) is 16.1. The van der Waals surface area contributed by atoms with Crippen LogP contribution < -0.4 is 26.0 Å². The Hall–Kier alpha value is -6.15. The number of aryl methyl sites for hydroxylation is 2. The van der Waals surface area contributed by atoms with Gasteiger partial charge < -0.3 is 40.9 Å². The topological polar surface area (TPSA) is 225 Å². The average molecular weight is 1150 g/mol. The molecule has 0 radical (unpaired) electrons. The number of nitrogens with one attached hydrogen (secondary N) is 4. The van der Waals surface area contributed by atoms with Crippen molar-refractivity contribution in [3.05, 3.63) is 99.8 Å². The molecule has 5 aromatic rings. The van der Waals surface area contributed by atoms with Crippen LogP contribution >= 0.6 is 22.9 Å². The summed E-state index contributed by atoms with van der Waals surface area (Å²) in [6, 6.07) is 16.9. The summed E-state index contributed by atoms with van der Waals surface area (Å²) in [6.45, 7) is 18.5. The SMILES string of the molecule is Cc1cc(Nc2ncc(Cl)c(Nc3ccccc3S(=O)(=O)C(C)C)n2)c(OC(C)C)cc1C1CCN(C(=O)CCCCCCCCC(=O)N[C@H](C(=O)N2C[C@H](O)C[C@H]2C(=O)NCc2ccc(-c3scnc3C)cc2)C(C)(C)C)CC1. The molecule has 0 bridgehead atoms. The van der Waals surface area contributed by atoms with Gasteiger partial charge in [-0.3, -0.25) is 19.2 Å². The van der Waals surface area contributed by atoms with Crippen LogP contribution in [0.2, 0.25) is 5.02 Å². The summed E-state index contributed by atoms with van der Waals surface area (Å²) in [5.41, 5.74) is 7.35. The second-order valence-electron chi connectivity index (χ2n) is 22.8. The molecule has 7 rings (SSSR count). The number of likely N-dealkylation sites (tertiary alicyclic amines) is 2. The van der Waals surface area contributed by atoms with Gasteiger partial charge in [0.2, 0.25) is 29.6 Å². The lowest BCUT2D eigenvalue weighted by Gasteiger charge is -2.35. The third-order valence-electron chi connectivity index (χ3n) is 14.8. The van der Waals surface area contributed by atoms with E-state index in [1.54, 1.807) is 49.4 Å². The van der Waals surface area contributed by atoms with Gasteiger partial charge in [0.15, 0.2) is 15.7 Å². The number of benzene rings is 3. The molecule has 2 aliphatic rings. The molecule has 17 nitrogen and oxygen atoms in total. The highest BCUT2D eigenvalue weighted by Crippen LogP contribution is 2.39. The predicted octanol–water partition coefficient (Wildman–Crippen LogP) is 11.0. The fourth-order valence-corrected chi connectivity index (χ4v) is 12.5. The van der Waals surface area contributed by atoms with Gasteiger partial charge in [-0.2, -0.15) is 4.98 Å². The van der Waals surface area contributed by atoms with E-state index in [2.05, 4.69) is 49.2 Å². The van der Waals surface area contributed by atoms with Crippen LogP contribution in [0.15, 0.2) is 77.3 Å². The zero-order chi connectivity index (χ0) is 57.9. The van der Waals surface area contributed by atoms with Crippen molar-refractivity contribution in [3.63, 3.8) is 0 Å². The molecule has 2 aromatic heterocycles. The van der Waals surface area contributed by atoms with Crippen LogP contribution in [0.3, 0.4) is 0 Å². The number of halogens is 1. The molecule has 80 heavy (non-hydrogen) atoms. The van der Waals surface area contributed by atoms with E-state index in [0.29, 0.717) is 43.1 Å². The second kappa shape index (κ2) is 27.5. The zero-order valence-electron chi connectivity index (χ0n) is 47.7. The first-order chi connectivity index (χ1) is 38.0. The van der Waals surface area contributed by atoms with Crippen LogP contribution in [-0.4, -0.2) is 111 Å². The summed E-state index contributed by atoms with van der Waals surface area (Å²) in [4.78, 5) is 72.3. The molecular weight excluding hydrogens is 1070 g/mol. The quantitative estimate of drug-likeness (QED) is 0.0363. The number of hydrogen-bond donors (Lipinski definition) is 5. The zero-order valence-corrected chi connectivity index (χ0v) is 50.1. The maximum Gasteiger partial charge on any atom is 0.246 e. The van der Waals surface area contributed by atoms with Gasteiger partial charge in [-0.15, -0.1) is 11.3 Å². The fraction of sp³-hybridized carbons (Fsp3) is 0.517. The molecule has 0 saturated carbocycles. The summed E-state index contributed by atoms with van der Waals surface area (Å²) in [5, 5.41) is 22.6. The molecule has 2 saturated heterocycles. The van der Waals surface area contributed by atoms with E-state index in [1.807, 2.05) is 82.3 Å². The van der Waals surface area contributed by atoms with E-state index in [-0.39, 0.29) is 83.3 Å². The monoisotopic (exact) mass is 1150 g/mol. The molecule has 5 N–H and O–H groups in total. The maximum absolute atomic E-state index is 14.1. The summed E-state index contributed by atoms with van der Waals surface area (Å²) >= 11 is 8.11. The first-order valence-electron chi connectivity index (χ1n) is 28.0. The van der Waals surface area contributed by atoms with E-state index >= 15 is 0 Å². The van der Waals surface area contributed by atoms with Crippen LogP contribution in [0.1, 0.15) is 147 Å². The molecule has 4 amide bonds. The number of aliphatic hydroxyl groups is 1. The predicted molar refractivity (Wildman–Crippen MR) is 316 cm³/mol.